The van der Waals surface area contributed by atoms with Gasteiger partial charge in [-0.2, -0.15) is 0 Å². The van der Waals surface area contributed by atoms with Crippen molar-refractivity contribution in [1.29, 1.82) is 0 Å². The molecule has 0 spiro atoms. The molecule has 21 heavy (non-hydrogen) atoms. The van der Waals surface area contributed by atoms with E-state index in [1.165, 1.54) is 6.07 Å². The van der Waals surface area contributed by atoms with Crippen molar-refractivity contribution in [2.24, 2.45) is 0 Å². The number of benzene rings is 1. The summed E-state index contributed by atoms with van der Waals surface area (Å²) in [6.07, 6.45) is 2.17. The highest BCUT2D eigenvalue weighted by Gasteiger charge is 2.27. The molecule has 1 aromatic rings. The van der Waals surface area contributed by atoms with Gasteiger partial charge in [-0.3, -0.25) is 15.0 Å². The molecule has 0 unspecified atom stereocenters. The van der Waals surface area contributed by atoms with E-state index in [-0.39, 0.29) is 16.1 Å². The van der Waals surface area contributed by atoms with Crippen molar-refractivity contribution in [3.63, 3.8) is 0 Å². The van der Waals surface area contributed by atoms with E-state index in [2.05, 4.69) is 46.9 Å². The zero-order valence-corrected chi connectivity index (χ0v) is 14.3. The Kier molecular flexibility index (Phi) is 4.88. The first-order chi connectivity index (χ1) is 9.77. The molecule has 116 valence electrons. The number of rotatable bonds is 3. The van der Waals surface area contributed by atoms with Gasteiger partial charge in [-0.1, -0.05) is 0 Å². The molecule has 1 fully saturated rings. The fourth-order valence-electron chi connectivity index (χ4n) is 2.65. The van der Waals surface area contributed by atoms with Crippen molar-refractivity contribution in [3.05, 3.63) is 32.8 Å². The number of non-ortho nitro benzene ring substituents is 1. The number of hydrogen-bond acceptors (Lipinski definition) is 4. The summed E-state index contributed by atoms with van der Waals surface area (Å²) in [7, 11) is 0. The van der Waals surface area contributed by atoms with Crippen LogP contribution >= 0.6 is 15.9 Å². The molecule has 1 heterocycles. The third-order valence-electron chi connectivity index (χ3n) is 3.97. The number of nitrogens with zero attached hydrogens (tertiary/aromatic N) is 2. The Balaban J connectivity index is 1.96. The van der Waals surface area contributed by atoms with Crippen LogP contribution in [0.1, 0.15) is 33.6 Å². The molecule has 0 aromatic heterocycles. The predicted octanol–water partition coefficient (Wildman–Crippen LogP) is 4.03. The summed E-state index contributed by atoms with van der Waals surface area (Å²) in [4.78, 5) is 12.9. The van der Waals surface area contributed by atoms with Crippen molar-refractivity contribution in [3.8, 4) is 0 Å². The van der Waals surface area contributed by atoms with Crippen LogP contribution in [-0.4, -0.2) is 34.5 Å². The Morgan fingerprint density at radius 1 is 1.33 bits per heavy atom. The fraction of sp³-hybridized carbons (Fsp3) is 0.600. The van der Waals surface area contributed by atoms with Crippen LogP contribution in [0.3, 0.4) is 0 Å². The second kappa shape index (κ2) is 6.32. The highest BCUT2D eigenvalue weighted by Crippen LogP contribution is 2.29. The molecule has 6 heteroatoms. The van der Waals surface area contributed by atoms with Gasteiger partial charge in [-0.15, -0.1) is 0 Å². The Morgan fingerprint density at radius 2 is 1.95 bits per heavy atom. The lowest BCUT2D eigenvalue weighted by Crippen LogP contribution is -2.48. The van der Waals surface area contributed by atoms with Crippen LogP contribution in [0, 0.1) is 10.1 Å². The van der Waals surface area contributed by atoms with Crippen molar-refractivity contribution >= 4 is 27.3 Å². The van der Waals surface area contributed by atoms with Crippen molar-refractivity contribution < 1.29 is 4.92 Å². The highest BCUT2D eigenvalue weighted by atomic mass is 79.9. The van der Waals surface area contributed by atoms with Crippen LogP contribution in [0.15, 0.2) is 22.7 Å². The van der Waals surface area contributed by atoms with Gasteiger partial charge in [-0.25, -0.2) is 0 Å². The topological polar surface area (TPSA) is 58.4 Å². The second-order valence-electron chi connectivity index (χ2n) is 6.50. The van der Waals surface area contributed by atoms with E-state index in [0.717, 1.165) is 36.1 Å². The van der Waals surface area contributed by atoms with Crippen LogP contribution < -0.4 is 5.32 Å². The number of piperidine rings is 1. The lowest BCUT2D eigenvalue weighted by Gasteiger charge is -2.41. The summed E-state index contributed by atoms with van der Waals surface area (Å²) < 4.78 is 0.745. The maximum Gasteiger partial charge on any atom is 0.270 e. The van der Waals surface area contributed by atoms with Gasteiger partial charge in [-0.05, 0) is 55.6 Å². The van der Waals surface area contributed by atoms with Crippen LogP contribution in [0.5, 0.6) is 0 Å². The number of hydrogen-bond donors (Lipinski definition) is 1. The molecule has 0 amide bonds. The van der Waals surface area contributed by atoms with Gasteiger partial charge in [0.2, 0.25) is 0 Å². The number of nitrogens with one attached hydrogen (secondary N) is 1. The lowest BCUT2D eigenvalue weighted by molar-refractivity contribution is -0.384. The first-order valence-corrected chi connectivity index (χ1v) is 8.02. The van der Waals surface area contributed by atoms with Crippen molar-refractivity contribution in [1.82, 2.24) is 4.90 Å². The molecule has 1 saturated heterocycles. The average Bonchev–Trinajstić information content (AvgIpc) is 2.40. The fourth-order valence-corrected chi connectivity index (χ4v) is 3.13. The maximum atomic E-state index is 10.7. The molecule has 5 nitrogen and oxygen atoms in total. The molecule has 1 aromatic carbocycles. The summed E-state index contributed by atoms with van der Waals surface area (Å²) in [6, 6.07) is 5.28. The van der Waals surface area contributed by atoms with E-state index >= 15 is 0 Å². The molecule has 0 atom stereocenters. The zero-order valence-electron chi connectivity index (χ0n) is 12.7. The minimum absolute atomic E-state index is 0.106. The second-order valence-corrected chi connectivity index (χ2v) is 7.35. The predicted molar refractivity (Wildman–Crippen MR) is 88.8 cm³/mol. The van der Waals surface area contributed by atoms with Gasteiger partial charge in [0.25, 0.3) is 5.69 Å². The third kappa shape index (κ3) is 4.17. The monoisotopic (exact) mass is 355 g/mol. The SMILES string of the molecule is CC(C)(C)N1CCC(Nc2ccc([N+](=O)[O-])cc2Br)CC1. The molecule has 1 aliphatic rings. The Labute approximate surface area is 134 Å². The molecule has 0 saturated carbocycles. The molecule has 0 aliphatic carbocycles. The number of anilines is 1. The summed E-state index contributed by atoms with van der Waals surface area (Å²) in [5.74, 6) is 0. The Bertz CT molecular complexity index is 520. The molecule has 1 N–H and O–H groups in total. The summed E-state index contributed by atoms with van der Waals surface area (Å²) in [5, 5.41) is 14.2. The van der Waals surface area contributed by atoms with Gasteiger partial charge in [0.1, 0.15) is 0 Å². The molecule has 0 bridgehead atoms. The molecule has 2 rings (SSSR count). The summed E-state index contributed by atoms with van der Waals surface area (Å²) >= 11 is 3.41. The van der Waals surface area contributed by atoms with E-state index in [0.29, 0.717) is 6.04 Å². The highest BCUT2D eigenvalue weighted by molar-refractivity contribution is 9.10. The van der Waals surface area contributed by atoms with Crippen LogP contribution in [-0.2, 0) is 0 Å². The van der Waals surface area contributed by atoms with Crippen molar-refractivity contribution in [2.75, 3.05) is 18.4 Å². The quantitative estimate of drug-likeness (QED) is 0.656. The van der Waals surface area contributed by atoms with E-state index in [9.17, 15) is 10.1 Å². The minimum atomic E-state index is -0.379. The van der Waals surface area contributed by atoms with Gasteiger partial charge >= 0.3 is 0 Å². The number of halogens is 1. The lowest BCUT2D eigenvalue weighted by atomic mass is 9.98. The van der Waals surface area contributed by atoms with E-state index in [1.54, 1.807) is 12.1 Å². The van der Waals surface area contributed by atoms with E-state index in [4.69, 9.17) is 0 Å². The number of nitro benzene ring substituents is 1. The Hall–Kier alpha value is -1.14. The third-order valence-corrected chi connectivity index (χ3v) is 4.62. The zero-order chi connectivity index (χ0) is 15.6. The first-order valence-electron chi connectivity index (χ1n) is 7.23. The first kappa shape index (κ1) is 16.2. The normalized spacial score (nSPS) is 17.7. The van der Waals surface area contributed by atoms with Crippen LogP contribution in [0.2, 0.25) is 0 Å². The van der Waals surface area contributed by atoms with Crippen molar-refractivity contribution in [2.45, 2.75) is 45.2 Å². The number of nitro groups is 1. The Morgan fingerprint density at radius 3 is 2.43 bits per heavy atom. The summed E-state index contributed by atoms with van der Waals surface area (Å²) in [5.41, 5.74) is 1.25. The molecule has 0 radical (unpaired) electrons. The standard InChI is InChI=1S/C15H22BrN3O2/c1-15(2,3)18-8-6-11(7-9-18)17-14-5-4-12(19(20)21)10-13(14)16/h4-5,10-11,17H,6-9H2,1-3H3. The molecular formula is C15H22BrN3O2. The average molecular weight is 356 g/mol. The maximum absolute atomic E-state index is 10.7. The van der Waals surface area contributed by atoms with Crippen LogP contribution in [0.4, 0.5) is 11.4 Å². The van der Waals surface area contributed by atoms with Gasteiger partial charge in [0.15, 0.2) is 0 Å². The smallest absolute Gasteiger partial charge is 0.270 e. The molecule has 1 aliphatic heterocycles. The van der Waals surface area contributed by atoms with E-state index in [1.807, 2.05) is 0 Å². The van der Waals surface area contributed by atoms with Gasteiger partial charge < -0.3 is 5.32 Å². The minimum Gasteiger partial charge on any atom is -0.381 e. The van der Waals surface area contributed by atoms with Gasteiger partial charge in [0.05, 0.1) is 4.92 Å². The summed E-state index contributed by atoms with van der Waals surface area (Å²) in [6.45, 7) is 8.88. The van der Waals surface area contributed by atoms with E-state index < -0.39 is 0 Å². The van der Waals surface area contributed by atoms with Gasteiger partial charge in [0, 0.05) is 47.0 Å². The largest absolute Gasteiger partial charge is 0.381 e. The number of likely N-dealkylation sites (tertiary alicyclic amines) is 1. The van der Waals surface area contributed by atoms with Crippen LogP contribution in [0.25, 0.3) is 0 Å². The molecular weight excluding hydrogens is 334 g/mol.